The third kappa shape index (κ3) is 11.7. The van der Waals surface area contributed by atoms with Gasteiger partial charge in [-0.2, -0.15) is 4.98 Å². The summed E-state index contributed by atoms with van der Waals surface area (Å²) in [5, 5.41) is 26.6. The highest BCUT2D eigenvalue weighted by Crippen LogP contribution is 2.25. The summed E-state index contributed by atoms with van der Waals surface area (Å²) in [6, 6.07) is 8.99. The van der Waals surface area contributed by atoms with Crippen molar-refractivity contribution < 1.29 is 9.59 Å². The van der Waals surface area contributed by atoms with E-state index in [2.05, 4.69) is 36.9 Å². The van der Waals surface area contributed by atoms with Crippen molar-refractivity contribution in [1.82, 2.24) is 45.8 Å². The topological polar surface area (TPSA) is 154 Å². The van der Waals surface area contributed by atoms with Gasteiger partial charge >= 0.3 is 0 Å². The third-order valence-corrected chi connectivity index (χ3v) is 9.41. The third-order valence-electron chi connectivity index (χ3n) is 9.41. The molecule has 2 amide bonds. The Hall–Kier alpha value is -3.84. The van der Waals surface area contributed by atoms with Crippen LogP contribution in [0.25, 0.3) is 10.9 Å². The summed E-state index contributed by atoms with van der Waals surface area (Å²) in [6.45, 7) is 6.56. The molecule has 1 saturated carbocycles. The SMILES string of the molecule is O=CNCCCCCC(=O)N1CCC(Nc2nc(NCc3cn(CCCNCCCNC4CCCCC4)nn3)nc3ccccc23)CC1. The number of unbranched alkanes of at least 4 members (excludes halogenated alkanes) is 2. The molecule has 1 aliphatic carbocycles. The summed E-state index contributed by atoms with van der Waals surface area (Å²) in [4.78, 5) is 34.6. The molecule has 0 unspecified atom stereocenters. The molecule has 0 atom stereocenters. The van der Waals surface area contributed by atoms with Gasteiger partial charge in [0.2, 0.25) is 18.3 Å². The minimum absolute atomic E-state index is 0.220. The van der Waals surface area contributed by atoms with Gasteiger partial charge in [0.1, 0.15) is 11.5 Å². The van der Waals surface area contributed by atoms with Crippen LogP contribution in [0.2, 0.25) is 0 Å². The molecule has 13 heteroatoms. The fourth-order valence-corrected chi connectivity index (χ4v) is 6.65. The monoisotopic (exact) mass is 661 g/mol. The summed E-state index contributed by atoms with van der Waals surface area (Å²) in [6.07, 6.45) is 16.7. The molecule has 3 heterocycles. The van der Waals surface area contributed by atoms with Crippen LogP contribution in [0, 0.1) is 0 Å². The predicted octanol–water partition coefficient (Wildman–Crippen LogP) is 3.83. The van der Waals surface area contributed by atoms with Crippen molar-refractivity contribution in [2.24, 2.45) is 0 Å². The number of anilines is 2. The number of nitrogens with one attached hydrogen (secondary N) is 5. The number of aryl methyl sites for hydroxylation is 1. The molecule has 1 aliphatic heterocycles. The van der Waals surface area contributed by atoms with Crippen LogP contribution in [0.1, 0.15) is 89.2 Å². The Bertz CT molecular complexity index is 1390. The van der Waals surface area contributed by atoms with Crippen LogP contribution in [0.4, 0.5) is 11.8 Å². The lowest BCUT2D eigenvalue weighted by Gasteiger charge is -2.33. The van der Waals surface area contributed by atoms with E-state index >= 15 is 0 Å². The number of fused-ring (bicyclic) bond motifs is 1. The van der Waals surface area contributed by atoms with Crippen molar-refractivity contribution in [3.05, 3.63) is 36.2 Å². The lowest BCUT2D eigenvalue weighted by molar-refractivity contribution is -0.132. The van der Waals surface area contributed by atoms with Gasteiger partial charge < -0.3 is 31.5 Å². The molecule has 262 valence electrons. The molecule has 13 nitrogen and oxygen atoms in total. The number of benzene rings is 1. The molecule has 5 N–H and O–H groups in total. The molecule has 2 aromatic heterocycles. The van der Waals surface area contributed by atoms with Gasteiger partial charge in [-0.15, -0.1) is 5.10 Å². The number of hydrogen-bond donors (Lipinski definition) is 5. The number of nitrogens with zero attached hydrogens (tertiary/aromatic N) is 6. The number of hydrogen-bond acceptors (Lipinski definition) is 10. The lowest BCUT2D eigenvalue weighted by atomic mass is 9.95. The van der Waals surface area contributed by atoms with E-state index in [1.54, 1.807) is 0 Å². The van der Waals surface area contributed by atoms with Gasteiger partial charge in [-0.25, -0.2) is 4.98 Å². The first kappa shape index (κ1) is 35.5. The van der Waals surface area contributed by atoms with E-state index in [0.717, 1.165) is 119 Å². The molecule has 2 aliphatic rings. The van der Waals surface area contributed by atoms with Crippen molar-refractivity contribution in [3.8, 4) is 0 Å². The predicted molar refractivity (Wildman–Crippen MR) is 190 cm³/mol. The number of likely N-dealkylation sites (tertiary alicyclic amines) is 1. The van der Waals surface area contributed by atoms with E-state index in [9.17, 15) is 9.59 Å². The summed E-state index contributed by atoms with van der Waals surface area (Å²) in [7, 11) is 0. The Morgan fingerprint density at radius 2 is 1.71 bits per heavy atom. The van der Waals surface area contributed by atoms with Gasteiger partial charge in [-0.05, 0) is 83.1 Å². The van der Waals surface area contributed by atoms with Gasteiger partial charge in [-0.1, -0.05) is 43.0 Å². The average molecular weight is 662 g/mol. The zero-order valence-electron chi connectivity index (χ0n) is 28.5. The Morgan fingerprint density at radius 1 is 0.875 bits per heavy atom. The second kappa shape index (κ2) is 19.9. The summed E-state index contributed by atoms with van der Waals surface area (Å²) in [5.74, 6) is 1.57. The number of aromatic nitrogens is 5. The van der Waals surface area contributed by atoms with Crippen LogP contribution < -0.4 is 26.6 Å². The van der Waals surface area contributed by atoms with Crippen LogP contribution in [0.15, 0.2) is 30.5 Å². The van der Waals surface area contributed by atoms with Crippen LogP contribution in [0.3, 0.4) is 0 Å². The maximum Gasteiger partial charge on any atom is 0.225 e. The average Bonchev–Trinajstić information content (AvgIpc) is 3.58. The fourth-order valence-electron chi connectivity index (χ4n) is 6.65. The van der Waals surface area contributed by atoms with Crippen molar-refractivity contribution in [2.45, 2.75) is 109 Å². The number of piperidine rings is 1. The van der Waals surface area contributed by atoms with Gasteiger partial charge in [-0.3, -0.25) is 14.3 Å². The maximum absolute atomic E-state index is 12.7. The number of carbonyl (C=O) groups excluding carboxylic acids is 2. The molecule has 1 aromatic carbocycles. The molecule has 5 rings (SSSR count). The minimum Gasteiger partial charge on any atom is -0.367 e. The van der Waals surface area contributed by atoms with E-state index in [1.807, 2.05) is 40.0 Å². The molecule has 0 bridgehead atoms. The van der Waals surface area contributed by atoms with E-state index in [-0.39, 0.29) is 11.9 Å². The van der Waals surface area contributed by atoms with E-state index in [4.69, 9.17) is 9.97 Å². The zero-order valence-corrected chi connectivity index (χ0v) is 28.5. The molecule has 0 spiro atoms. The van der Waals surface area contributed by atoms with Crippen molar-refractivity contribution in [2.75, 3.05) is 49.9 Å². The summed E-state index contributed by atoms with van der Waals surface area (Å²) >= 11 is 0. The Kier molecular flexibility index (Phi) is 14.7. The van der Waals surface area contributed by atoms with E-state index in [1.165, 1.54) is 32.1 Å². The molecular formula is C35H55N11O2. The van der Waals surface area contributed by atoms with Crippen LogP contribution in [-0.2, 0) is 22.7 Å². The normalized spacial score (nSPS) is 15.9. The Balaban J connectivity index is 1.01. The second-order valence-electron chi connectivity index (χ2n) is 13.2. The number of amides is 2. The number of rotatable bonds is 21. The first-order valence-corrected chi connectivity index (χ1v) is 18.2. The highest BCUT2D eigenvalue weighted by Gasteiger charge is 2.23. The summed E-state index contributed by atoms with van der Waals surface area (Å²) < 4.78 is 1.90. The van der Waals surface area contributed by atoms with Gasteiger partial charge in [0, 0.05) is 50.1 Å². The largest absolute Gasteiger partial charge is 0.367 e. The fraction of sp³-hybridized carbons (Fsp3) is 0.657. The van der Waals surface area contributed by atoms with Gasteiger partial charge in [0.25, 0.3) is 0 Å². The number of carbonyl (C=O) groups is 2. The molecule has 0 radical (unpaired) electrons. The molecule has 48 heavy (non-hydrogen) atoms. The quantitative estimate of drug-likeness (QED) is 0.0841. The zero-order chi connectivity index (χ0) is 33.2. The lowest BCUT2D eigenvalue weighted by Crippen LogP contribution is -2.42. The second-order valence-corrected chi connectivity index (χ2v) is 13.2. The highest BCUT2D eigenvalue weighted by molar-refractivity contribution is 5.90. The van der Waals surface area contributed by atoms with Crippen LogP contribution in [0.5, 0.6) is 0 Å². The van der Waals surface area contributed by atoms with Crippen LogP contribution in [-0.4, -0.2) is 93.5 Å². The molecule has 2 fully saturated rings. The minimum atomic E-state index is 0.220. The molecule has 3 aromatic rings. The van der Waals surface area contributed by atoms with Crippen molar-refractivity contribution in [3.63, 3.8) is 0 Å². The first-order chi connectivity index (χ1) is 23.7. The Labute approximate surface area is 284 Å². The highest BCUT2D eigenvalue weighted by atomic mass is 16.2. The van der Waals surface area contributed by atoms with E-state index in [0.29, 0.717) is 25.5 Å². The van der Waals surface area contributed by atoms with Gasteiger partial charge in [0.05, 0.1) is 18.3 Å². The molecule has 1 saturated heterocycles. The van der Waals surface area contributed by atoms with Crippen molar-refractivity contribution in [1.29, 1.82) is 0 Å². The Morgan fingerprint density at radius 3 is 2.56 bits per heavy atom. The first-order valence-electron chi connectivity index (χ1n) is 18.2. The smallest absolute Gasteiger partial charge is 0.225 e. The standard InChI is InChI=1S/C35H55N11O2/c47-27-37-18-8-2-5-15-33(48)45-23-16-29(17-24-45)40-34-31-13-6-7-14-32(31)41-35(42-34)39-25-30-26-46(44-43-30)22-10-20-36-19-9-21-38-28-11-3-1-4-12-28/h6-7,13-14,26-29,36,38H,1-5,8-12,15-25H2,(H,37,47)(H2,39,40,41,42). The van der Waals surface area contributed by atoms with Crippen LogP contribution >= 0.6 is 0 Å². The van der Waals surface area contributed by atoms with Gasteiger partial charge in [0.15, 0.2) is 0 Å². The number of para-hydroxylation sites is 1. The van der Waals surface area contributed by atoms with Crippen molar-refractivity contribution >= 4 is 35.0 Å². The van der Waals surface area contributed by atoms with E-state index < -0.39 is 0 Å². The maximum atomic E-state index is 12.7. The molecular weight excluding hydrogens is 606 g/mol. The summed E-state index contributed by atoms with van der Waals surface area (Å²) in [5.41, 5.74) is 1.71.